The predicted molar refractivity (Wildman–Crippen MR) is 65.0 cm³/mol. The van der Waals surface area contributed by atoms with Gasteiger partial charge in [0.25, 0.3) is 0 Å². The van der Waals surface area contributed by atoms with Crippen molar-refractivity contribution in [2.24, 2.45) is 10.8 Å². The molecular weight excluding hydrogens is 282 g/mol. The molecule has 1 aromatic rings. The quantitative estimate of drug-likeness (QED) is 0.283. The van der Waals surface area contributed by atoms with Gasteiger partial charge in [-0.15, -0.1) is 0 Å². The van der Waals surface area contributed by atoms with E-state index in [0.717, 1.165) is 0 Å². The lowest BCUT2D eigenvalue weighted by Gasteiger charge is -2.03. The molecule has 0 amide bonds. The second-order valence-electron chi connectivity index (χ2n) is 2.57. The largest absolute Gasteiger partial charge is 0.504 e. The summed E-state index contributed by atoms with van der Waals surface area (Å²) in [5.41, 5.74) is 7.81. The fourth-order valence-electron chi connectivity index (χ4n) is 0.840. The number of aromatic hydroxyl groups is 2. The van der Waals surface area contributed by atoms with Crippen LogP contribution in [-0.2, 0) is 0 Å². The molecule has 0 aliphatic heterocycles. The van der Waals surface area contributed by atoms with Gasteiger partial charge in [-0.1, -0.05) is 0 Å². The maximum atomic E-state index is 9.48. The molecule has 80 valence electrons. The van der Waals surface area contributed by atoms with Crippen molar-refractivity contribution in [3.8, 4) is 11.5 Å². The first-order chi connectivity index (χ1) is 7.02. The second-order valence-corrected chi connectivity index (χ2v) is 3.86. The van der Waals surface area contributed by atoms with Gasteiger partial charge in [-0.3, -0.25) is 5.43 Å². The maximum Gasteiger partial charge on any atom is 0.184 e. The monoisotopic (exact) mass is 289 g/mol. The van der Waals surface area contributed by atoms with Crippen LogP contribution < -0.4 is 11.2 Å². The minimum Gasteiger partial charge on any atom is -0.504 e. The first-order valence-corrected chi connectivity index (χ1v) is 5.01. The summed E-state index contributed by atoms with van der Waals surface area (Å²) in [5, 5.41) is 22.5. The number of hydrogen-bond donors (Lipinski definition) is 4. The zero-order chi connectivity index (χ0) is 11.4. The lowest BCUT2D eigenvalue weighted by molar-refractivity contribution is 0.401. The summed E-state index contributed by atoms with van der Waals surface area (Å²) >= 11 is 7.58. The molecule has 7 heteroatoms. The number of benzene rings is 1. The van der Waals surface area contributed by atoms with E-state index in [1.165, 1.54) is 6.21 Å². The number of phenolic OH excluding ortho intramolecular Hbond substituents is 2. The Bertz CT molecular complexity index is 423. The highest BCUT2D eigenvalue weighted by atomic mass is 79.9. The predicted octanol–water partition coefficient (Wildman–Crippen LogP) is 1.03. The van der Waals surface area contributed by atoms with Gasteiger partial charge in [0.15, 0.2) is 16.6 Å². The van der Waals surface area contributed by atoms with Crippen LogP contribution in [0.5, 0.6) is 11.5 Å². The number of nitrogens with one attached hydrogen (secondary N) is 1. The lowest BCUT2D eigenvalue weighted by atomic mass is 10.2. The summed E-state index contributed by atoms with van der Waals surface area (Å²) < 4.78 is 0.402. The second kappa shape index (κ2) is 4.94. The molecule has 0 unspecified atom stereocenters. The van der Waals surface area contributed by atoms with Crippen molar-refractivity contribution in [2.75, 3.05) is 0 Å². The van der Waals surface area contributed by atoms with Crippen molar-refractivity contribution < 1.29 is 10.2 Å². The number of thiocarbonyl (C=S) groups is 1. The number of hydrogen-bond acceptors (Lipinski definition) is 4. The number of phenols is 2. The van der Waals surface area contributed by atoms with Crippen LogP contribution >= 0.6 is 28.1 Å². The van der Waals surface area contributed by atoms with Crippen molar-refractivity contribution in [1.82, 2.24) is 5.43 Å². The van der Waals surface area contributed by atoms with Gasteiger partial charge in [0, 0.05) is 5.56 Å². The van der Waals surface area contributed by atoms with Crippen LogP contribution in [0, 0.1) is 0 Å². The number of rotatable bonds is 2. The van der Waals surface area contributed by atoms with Gasteiger partial charge in [0.05, 0.1) is 10.7 Å². The minimum atomic E-state index is -0.266. The Morgan fingerprint density at radius 3 is 2.73 bits per heavy atom. The third-order valence-corrected chi connectivity index (χ3v) is 2.24. The van der Waals surface area contributed by atoms with E-state index in [9.17, 15) is 10.2 Å². The summed E-state index contributed by atoms with van der Waals surface area (Å²) in [7, 11) is 0. The fourth-order valence-corrected chi connectivity index (χ4v) is 1.21. The zero-order valence-corrected chi connectivity index (χ0v) is 9.84. The summed E-state index contributed by atoms with van der Waals surface area (Å²) in [4.78, 5) is 0. The minimum absolute atomic E-state index is 0.0204. The van der Waals surface area contributed by atoms with Gasteiger partial charge in [0.2, 0.25) is 0 Å². The van der Waals surface area contributed by atoms with Gasteiger partial charge in [-0.2, -0.15) is 5.10 Å². The Hall–Kier alpha value is -1.34. The number of nitrogens with zero attached hydrogens (tertiary/aromatic N) is 1. The van der Waals surface area contributed by atoms with E-state index in [1.807, 2.05) is 0 Å². The van der Waals surface area contributed by atoms with E-state index in [0.29, 0.717) is 10.0 Å². The Labute approximate surface area is 99.7 Å². The van der Waals surface area contributed by atoms with Crippen molar-refractivity contribution >= 4 is 39.5 Å². The lowest BCUT2D eigenvalue weighted by Crippen LogP contribution is -2.23. The Balaban J connectivity index is 2.92. The normalized spacial score (nSPS) is 10.5. The third-order valence-electron chi connectivity index (χ3n) is 1.51. The van der Waals surface area contributed by atoms with Crippen LogP contribution in [-0.4, -0.2) is 21.5 Å². The standard InChI is InChI=1S/C8H8BrN3O2S/c9-5-2-1-4(6(13)7(5)14)3-11-12-8(10)15/h1-3,13-14H,(H3,10,12,15). The molecule has 0 saturated heterocycles. The van der Waals surface area contributed by atoms with Crippen LogP contribution in [0.2, 0.25) is 0 Å². The van der Waals surface area contributed by atoms with Crippen LogP contribution in [0.25, 0.3) is 0 Å². The molecule has 0 saturated carbocycles. The van der Waals surface area contributed by atoms with Gasteiger partial charge in [-0.05, 0) is 40.3 Å². The van der Waals surface area contributed by atoms with Crippen molar-refractivity contribution in [1.29, 1.82) is 0 Å². The summed E-state index contributed by atoms with van der Waals surface area (Å²) in [5.74, 6) is -0.507. The fraction of sp³-hybridized carbons (Fsp3) is 0. The highest BCUT2D eigenvalue weighted by molar-refractivity contribution is 9.10. The smallest absolute Gasteiger partial charge is 0.184 e. The molecule has 0 heterocycles. The Morgan fingerprint density at radius 2 is 2.13 bits per heavy atom. The first-order valence-electron chi connectivity index (χ1n) is 3.81. The van der Waals surface area contributed by atoms with Gasteiger partial charge in [-0.25, -0.2) is 0 Å². The van der Waals surface area contributed by atoms with Crippen LogP contribution in [0.3, 0.4) is 0 Å². The Kier molecular flexibility index (Phi) is 3.87. The molecule has 5 N–H and O–H groups in total. The van der Waals surface area contributed by atoms with Crippen molar-refractivity contribution in [3.63, 3.8) is 0 Å². The van der Waals surface area contributed by atoms with E-state index < -0.39 is 0 Å². The summed E-state index contributed by atoms with van der Waals surface area (Å²) in [6, 6.07) is 3.15. The summed E-state index contributed by atoms with van der Waals surface area (Å²) in [6.07, 6.45) is 1.29. The highest BCUT2D eigenvalue weighted by Gasteiger charge is 2.07. The SMILES string of the molecule is NC(=S)NN=Cc1ccc(Br)c(O)c1O. The van der Waals surface area contributed by atoms with Gasteiger partial charge >= 0.3 is 0 Å². The first kappa shape index (κ1) is 11.7. The molecule has 1 aromatic carbocycles. The molecule has 0 spiro atoms. The molecule has 0 radical (unpaired) electrons. The van der Waals surface area contributed by atoms with E-state index in [2.05, 4.69) is 38.7 Å². The molecule has 0 bridgehead atoms. The van der Waals surface area contributed by atoms with Crippen molar-refractivity contribution in [3.05, 3.63) is 22.2 Å². The van der Waals surface area contributed by atoms with E-state index in [-0.39, 0.29) is 16.6 Å². The molecular formula is C8H8BrN3O2S. The van der Waals surface area contributed by atoms with E-state index >= 15 is 0 Å². The molecule has 0 aliphatic carbocycles. The van der Waals surface area contributed by atoms with Crippen LogP contribution in [0.1, 0.15) is 5.56 Å². The summed E-state index contributed by atoms with van der Waals surface area (Å²) in [6.45, 7) is 0. The molecule has 5 nitrogen and oxygen atoms in total. The van der Waals surface area contributed by atoms with E-state index in [1.54, 1.807) is 12.1 Å². The van der Waals surface area contributed by atoms with Crippen LogP contribution in [0.15, 0.2) is 21.7 Å². The maximum absolute atomic E-state index is 9.48. The van der Waals surface area contributed by atoms with E-state index in [4.69, 9.17) is 5.73 Å². The third kappa shape index (κ3) is 3.07. The number of nitrogens with two attached hydrogens (primary N) is 1. The molecule has 0 fully saturated rings. The molecule has 1 rings (SSSR count). The topological polar surface area (TPSA) is 90.9 Å². The molecule has 0 aromatic heterocycles. The average molecular weight is 290 g/mol. The number of hydrazone groups is 1. The number of halogens is 1. The average Bonchev–Trinajstić information content (AvgIpc) is 2.18. The molecule has 15 heavy (non-hydrogen) atoms. The Morgan fingerprint density at radius 1 is 1.47 bits per heavy atom. The molecule has 0 aliphatic rings. The van der Waals surface area contributed by atoms with Crippen LogP contribution in [0.4, 0.5) is 0 Å². The highest BCUT2D eigenvalue weighted by Crippen LogP contribution is 2.34. The van der Waals surface area contributed by atoms with Gasteiger partial charge < -0.3 is 15.9 Å². The zero-order valence-electron chi connectivity index (χ0n) is 7.44. The molecule has 0 atom stereocenters. The van der Waals surface area contributed by atoms with Gasteiger partial charge in [0.1, 0.15) is 0 Å². The van der Waals surface area contributed by atoms with Crippen molar-refractivity contribution in [2.45, 2.75) is 0 Å².